The summed E-state index contributed by atoms with van der Waals surface area (Å²) in [6.07, 6.45) is 2.58. The lowest BCUT2D eigenvalue weighted by molar-refractivity contribution is 0.415. The van der Waals surface area contributed by atoms with E-state index >= 15 is 0 Å². The van der Waals surface area contributed by atoms with E-state index in [1.54, 1.807) is 7.11 Å². The van der Waals surface area contributed by atoms with Crippen LogP contribution in [0.5, 0.6) is 5.75 Å². The number of methoxy groups -OCH3 is 1. The van der Waals surface area contributed by atoms with Crippen LogP contribution in [0, 0.1) is 0 Å². The van der Waals surface area contributed by atoms with Crippen LogP contribution in [0.2, 0.25) is 0 Å². The van der Waals surface area contributed by atoms with Crippen molar-refractivity contribution in [2.24, 2.45) is 0 Å². The molecule has 0 aliphatic carbocycles. The maximum Gasteiger partial charge on any atom is 0.144 e. The van der Waals surface area contributed by atoms with Gasteiger partial charge in [-0.15, -0.1) is 0 Å². The smallest absolute Gasteiger partial charge is 0.144 e. The summed E-state index contributed by atoms with van der Waals surface area (Å²) in [5, 5.41) is 0. The number of nitrogens with zero attached hydrogens (tertiary/aromatic N) is 2. The summed E-state index contributed by atoms with van der Waals surface area (Å²) in [6.45, 7) is 2.30. The van der Waals surface area contributed by atoms with Gasteiger partial charge in [0.1, 0.15) is 5.75 Å². The molecule has 0 saturated carbocycles. The van der Waals surface area contributed by atoms with Gasteiger partial charge in [-0.05, 0) is 25.0 Å². The van der Waals surface area contributed by atoms with Gasteiger partial charge in [0.05, 0.1) is 12.8 Å². The molecule has 1 aliphatic rings. The van der Waals surface area contributed by atoms with E-state index in [0.717, 1.165) is 18.8 Å². The van der Waals surface area contributed by atoms with Crippen LogP contribution >= 0.6 is 0 Å². The standard InChI is InChI=1S/C13H20N2O/c1-14(2)11-6-7-12(13(10-11)16-3)15-8-4-5-9-15/h6-7,10H,4-5,8-9H2,1-3H3. The Bertz CT molecular complexity index is 357. The van der Waals surface area contributed by atoms with E-state index in [1.165, 1.54) is 24.2 Å². The van der Waals surface area contributed by atoms with Gasteiger partial charge in [0.15, 0.2) is 0 Å². The zero-order chi connectivity index (χ0) is 11.5. The third-order valence-electron chi connectivity index (χ3n) is 3.13. The van der Waals surface area contributed by atoms with Crippen molar-refractivity contribution in [1.82, 2.24) is 0 Å². The minimum Gasteiger partial charge on any atom is -0.495 e. The molecule has 16 heavy (non-hydrogen) atoms. The van der Waals surface area contributed by atoms with Crippen molar-refractivity contribution < 1.29 is 4.74 Å². The number of ether oxygens (including phenoxy) is 1. The van der Waals surface area contributed by atoms with E-state index in [-0.39, 0.29) is 0 Å². The topological polar surface area (TPSA) is 15.7 Å². The van der Waals surface area contributed by atoms with Crippen LogP contribution in [0.15, 0.2) is 18.2 Å². The van der Waals surface area contributed by atoms with E-state index in [2.05, 4.69) is 28.0 Å². The Kier molecular flexibility index (Phi) is 3.22. The fourth-order valence-corrected chi connectivity index (χ4v) is 2.16. The molecule has 0 aromatic heterocycles. The molecule has 0 amide bonds. The summed E-state index contributed by atoms with van der Waals surface area (Å²) in [6, 6.07) is 6.42. The SMILES string of the molecule is COc1cc(N(C)C)ccc1N1CCCC1. The van der Waals surface area contributed by atoms with Crippen LogP contribution in [0.1, 0.15) is 12.8 Å². The molecule has 1 aliphatic heterocycles. The van der Waals surface area contributed by atoms with E-state index in [1.807, 2.05) is 14.1 Å². The first-order valence-corrected chi connectivity index (χ1v) is 5.82. The summed E-state index contributed by atoms with van der Waals surface area (Å²) < 4.78 is 5.48. The molecule has 88 valence electrons. The van der Waals surface area contributed by atoms with E-state index in [4.69, 9.17) is 4.74 Å². The summed E-state index contributed by atoms with van der Waals surface area (Å²) in [7, 11) is 5.84. The van der Waals surface area contributed by atoms with Crippen molar-refractivity contribution in [3.8, 4) is 5.75 Å². The number of hydrogen-bond donors (Lipinski definition) is 0. The molecule has 1 fully saturated rings. The van der Waals surface area contributed by atoms with Crippen LogP contribution in [-0.2, 0) is 0 Å². The highest BCUT2D eigenvalue weighted by molar-refractivity contribution is 5.65. The summed E-state index contributed by atoms with van der Waals surface area (Å²) in [5.74, 6) is 0.980. The Labute approximate surface area is 97.6 Å². The number of benzene rings is 1. The van der Waals surface area contributed by atoms with Crippen LogP contribution in [-0.4, -0.2) is 34.3 Å². The fraction of sp³-hybridized carbons (Fsp3) is 0.538. The average Bonchev–Trinajstić information content (AvgIpc) is 2.81. The van der Waals surface area contributed by atoms with Gasteiger partial charge in [-0.1, -0.05) is 0 Å². The van der Waals surface area contributed by atoms with Gasteiger partial charge >= 0.3 is 0 Å². The number of hydrogen-bond acceptors (Lipinski definition) is 3. The normalized spacial score (nSPS) is 15.3. The summed E-state index contributed by atoms with van der Waals surface area (Å²) >= 11 is 0. The van der Waals surface area contributed by atoms with Gasteiger partial charge in [0.2, 0.25) is 0 Å². The molecule has 1 heterocycles. The minimum absolute atomic E-state index is 0.980. The lowest BCUT2D eigenvalue weighted by Gasteiger charge is -2.22. The van der Waals surface area contributed by atoms with Crippen LogP contribution in [0.3, 0.4) is 0 Å². The van der Waals surface area contributed by atoms with Crippen molar-refractivity contribution in [1.29, 1.82) is 0 Å². The zero-order valence-corrected chi connectivity index (χ0v) is 10.4. The molecule has 1 aromatic rings. The molecule has 3 heteroatoms. The molecule has 0 spiro atoms. The van der Waals surface area contributed by atoms with E-state index < -0.39 is 0 Å². The zero-order valence-electron chi connectivity index (χ0n) is 10.4. The van der Waals surface area contributed by atoms with Crippen molar-refractivity contribution in [2.75, 3.05) is 44.1 Å². The molecule has 0 bridgehead atoms. The average molecular weight is 220 g/mol. The second-order valence-electron chi connectivity index (χ2n) is 4.44. The lowest BCUT2D eigenvalue weighted by atomic mass is 10.2. The van der Waals surface area contributed by atoms with Gasteiger partial charge in [-0.3, -0.25) is 0 Å². The number of rotatable bonds is 3. The highest BCUT2D eigenvalue weighted by Gasteiger charge is 2.16. The third kappa shape index (κ3) is 2.08. The van der Waals surface area contributed by atoms with E-state index in [0.29, 0.717) is 0 Å². The Balaban J connectivity index is 2.30. The second-order valence-corrected chi connectivity index (χ2v) is 4.44. The van der Waals surface area contributed by atoms with Crippen molar-refractivity contribution in [2.45, 2.75) is 12.8 Å². The van der Waals surface area contributed by atoms with Crippen LogP contribution in [0.25, 0.3) is 0 Å². The lowest BCUT2D eigenvalue weighted by Crippen LogP contribution is -2.18. The Hall–Kier alpha value is -1.38. The van der Waals surface area contributed by atoms with Gasteiger partial charge in [-0.2, -0.15) is 0 Å². The van der Waals surface area contributed by atoms with Gasteiger partial charge < -0.3 is 14.5 Å². The van der Waals surface area contributed by atoms with Crippen LogP contribution in [0.4, 0.5) is 11.4 Å². The van der Waals surface area contributed by atoms with Gasteiger partial charge in [0.25, 0.3) is 0 Å². The molecule has 0 N–H and O–H groups in total. The molecule has 2 rings (SSSR count). The van der Waals surface area contributed by atoms with Crippen molar-refractivity contribution >= 4 is 11.4 Å². The fourth-order valence-electron chi connectivity index (χ4n) is 2.16. The van der Waals surface area contributed by atoms with Crippen molar-refractivity contribution in [3.05, 3.63) is 18.2 Å². The predicted octanol–water partition coefficient (Wildman–Crippen LogP) is 2.36. The minimum atomic E-state index is 0.980. The molecule has 0 unspecified atom stereocenters. The van der Waals surface area contributed by atoms with E-state index in [9.17, 15) is 0 Å². The molecular weight excluding hydrogens is 200 g/mol. The quantitative estimate of drug-likeness (QED) is 0.777. The molecule has 0 radical (unpaired) electrons. The first-order valence-electron chi connectivity index (χ1n) is 5.82. The first-order chi connectivity index (χ1) is 7.72. The summed E-state index contributed by atoms with van der Waals surface area (Å²) in [5.41, 5.74) is 2.41. The van der Waals surface area contributed by atoms with Gasteiger partial charge in [-0.25, -0.2) is 0 Å². The molecule has 3 nitrogen and oxygen atoms in total. The Morgan fingerprint density at radius 2 is 1.88 bits per heavy atom. The Morgan fingerprint density at radius 3 is 2.44 bits per heavy atom. The van der Waals surface area contributed by atoms with Crippen LogP contribution < -0.4 is 14.5 Å². The second kappa shape index (κ2) is 4.64. The first kappa shape index (κ1) is 11.1. The maximum atomic E-state index is 5.48. The third-order valence-corrected chi connectivity index (χ3v) is 3.13. The Morgan fingerprint density at radius 1 is 1.19 bits per heavy atom. The molecule has 1 aromatic carbocycles. The highest BCUT2D eigenvalue weighted by atomic mass is 16.5. The largest absolute Gasteiger partial charge is 0.495 e. The molecule has 0 atom stereocenters. The highest BCUT2D eigenvalue weighted by Crippen LogP contribution is 2.33. The predicted molar refractivity (Wildman–Crippen MR) is 68.8 cm³/mol. The molecule has 1 saturated heterocycles. The summed E-state index contributed by atoms with van der Waals surface area (Å²) in [4.78, 5) is 4.49. The number of anilines is 2. The van der Waals surface area contributed by atoms with Gasteiger partial charge in [0, 0.05) is 38.9 Å². The van der Waals surface area contributed by atoms with Crippen molar-refractivity contribution in [3.63, 3.8) is 0 Å². The monoisotopic (exact) mass is 220 g/mol. The molecular formula is C13H20N2O. The maximum absolute atomic E-state index is 5.48.